The summed E-state index contributed by atoms with van der Waals surface area (Å²) in [6, 6.07) is 35.2. The van der Waals surface area contributed by atoms with Crippen LogP contribution in [0, 0.1) is 36.7 Å². The van der Waals surface area contributed by atoms with E-state index in [9.17, 15) is 4.11 Å². The van der Waals surface area contributed by atoms with Crippen LogP contribution in [0.3, 0.4) is 0 Å². The van der Waals surface area contributed by atoms with Crippen molar-refractivity contribution in [1.29, 1.82) is 0 Å². The maximum Gasteiger partial charge on any atom is 0.128 e. The zero-order valence-electron chi connectivity index (χ0n) is 44.8. The summed E-state index contributed by atoms with van der Waals surface area (Å²) in [6.45, 7) is 8.15. The Kier molecular flexibility index (Phi) is 10.1. The summed E-state index contributed by atoms with van der Waals surface area (Å²) in [7, 11) is -1.49. The van der Waals surface area contributed by atoms with Crippen molar-refractivity contribution in [2.24, 2.45) is 10.8 Å². The fourth-order valence-corrected chi connectivity index (χ4v) is 10.2. The molecule has 0 amide bonds. The van der Waals surface area contributed by atoms with Gasteiger partial charge >= 0.3 is 0 Å². The Morgan fingerprint density at radius 3 is 2.27 bits per heavy atom. The molecule has 0 bridgehead atoms. The van der Waals surface area contributed by atoms with E-state index in [-0.39, 0.29) is 31.1 Å². The second-order valence-electron chi connectivity index (χ2n) is 18.8. The molecule has 3 nitrogen and oxygen atoms in total. The first kappa shape index (κ1) is 33.5. The molecule has 0 N–H and O–H groups in total. The Labute approximate surface area is 386 Å². The maximum atomic E-state index is 9.83. The van der Waals surface area contributed by atoms with E-state index in [1.807, 2.05) is 57.2 Å². The number of hydrogen-bond acceptors (Lipinski definition) is 3. The summed E-state index contributed by atoms with van der Waals surface area (Å²) in [5.74, 6) is -1.07. The number of furan rings is 1. The summed E-state index contributed by atoms with van der Waals surface area (Å²) >= 11 is 0. The minimum atomic E-state index is -2.43. The number of rotatable bonds is 6. The minimum absolute atomic E-state index is 0. The van der Waals surface area contributed by atoms with Gasteiger partial charge in [0.05, 0.1) is 13.7 Å². The van der Waals surface area contributed by atoms with Gasteiger partial charge in [0.2, 0.25) is 0 Å². The van der Waals surface area contributed by atoms with Crippen LogP contribution in [0.4, 0.5) is 0 Å². The third-order valence-corrected chi connectivity index (χ3v) is 14.3. The molecule has 9 rings (SSSR count). The fraction of sp³-hybridized carbons (Fsp3) is 0.382. The van der Waals surface area contributed by atoms with Gasteiger partial charge in [0.1, 0.15) is 5.58 Å². The molecule has 2 fully saturated rings. The van der Waals surface area contributed by atoms with Crippen LogP contribution in [0.5, 0.6) is 0 Å². The van der Waals surface area contributed by atoms with Crippen molar-refractivity contribution >= 4 is 35.2 Å². The van der Waals surface area contributed by atoms with E-state index in [1.54, 1.807) is 24.4 Å². The Bertz CT molecular complexity index is 2900. The van der Waals surface area contributed by atoms with E-state index in [2.05, 4.69) is 67.1 Å². The fourth-order valence-electron chi connectivity index (χ4n) is 9.01. The van der Waals surface area contributed by atoms with Crippen molar-refractivity contribution < 1.29 is 36.9 Å². The number of para-hydroxylation sites is 1. The normalized spacial score (nSPS) is 19.1. The van der Waals surface area contributed by atoms with Crippen LogP contribution in [0.25, 0.3) is 55.6 Å². The molecule has 2 aliphatic carbocycles. The van der Waals surface area contributed by atoms with Gasteiger partial charge in [-0.25, -0.2) is 0 Å². The molecule has 7 aromatic rings. The second-order valence-corrected chi connectivity index (χ2v) is 23.9. The Balaban J connectivity index is 0.000000350. The van der Waals surface area contributed by atoms with Crippen LogP contribution in [-0.4, -0.2) is 18.0 Å². The first-order valence-electron chi connectivity index (χ1n) is 25.8. The Morgan fingerprint density at radius 1 is 0.833 bits per heavy atom. The van der Waals surface area contributed by atoms with E-state index in [4.69, 9.17) is 17.6 Å². The smallest absolute Gasteiger partial charge is 0.128 e. The minimum Gasteiger partial charge on any atom is -0.500 e. The van der Waals surface area contributed by atoms with E-state index in [0.717, 1.165) is 46.0 Å². The van der Waals surface area contributed by atoms with E-state index in [0.29, 0.717) is 52.0 Å². The summed E-state index contributed by atoms with van der Waals surface area (Å²) in [5.41, 5.74) is 6.55. The van der Waals surface area contributed by atoms with Crippen LogP contribution >= 0.6 is 0 Å². The van der Waals surface area contributed by atoms with E-state index >= 15 is 0 Å². The van der Waals surface area contributed by atoms with Crippen molar-refractivity contribution in [2.45, 2.75) is 124 Å². The van der Waals surface area contributed by atoms with Crippen LogP contribution in [0.2, 0.25) is 19.6 Å². The first-order valence-corrected chi connectivity index (χ1v) is 24.8. The van der Waals surface area contributed by atoms with Gasteiger partial charge in [-0.2, -0.15) is 0 Å². The summed E-state index contributed by atoms with van der Waals surface area (Å²) in [4.78, 5) is 8.92. The van der Waals surface area contributed by atoms with Crippen LogP contribution < -0.4 is 5.19 Å². The summed E-state index contributed by atoms with van der Waals surface area (Å²) in [6.07, 6.45) is 10.6. The molecule has 2 saturated carbocycles. The molecular weight excluding hydrogens is 925 g/mol. The molecule has 0 saturated heterocycles. The molecule has 60 heavy (non-hydrogen) atoms. The SMILES string of the molecule is [2H]C([2H])([2H])c1c[c-]c(-c2ccccn2)cc1.[2H]C([2H])([2H])c1cnc(-c2[c-]c(C([2H])([2H])C(C)(C)C)cc3c2oc2c(-c4ccc([Si](C)(C)C)cc4)cccc23)cc1C1([2H])CCC2(CCCCC2)CC1.[Ir]. The van der Waals surface area contributed by atoms with Gasteiger partial charge in [-0.1, -0.05) is 143 Å². The molecule has 3 heterocycles. The van der Waals surface area contributed by atoms with Gasteiger partial charge in [-0.3, -0.25) is 0 Å². The third kappa shape index (κ3) is 9.80. The number of aryl methyl sites for hydroxylation is 2. The molecule has 1 radical (unpaired) electrons. The standard InChI is InChI=1S/C43H52NOSi.C12H10N.Ir/c1-29-28-44-39(26-36(29)32-18-22-43(23-19-32)20-9-8-10-21-43)38-25-30(27-42(2,3)4)24-37-35-13-11-12-34(40(35)45-41(37)38)31-14-16-33(17-15-31)46(5,6)7;1-10-5-7-11(8-6-10)12-4-2-3-9-13-12;/h11-17,24,26,28,32H,8-10,18-23,27H2,1-7H3;2-7,9H,1H3;/q2*-1;/i1D3,27D2,32D;1D3;. The Hall–Kier alpha value is -4.15. The first-order chi connectivity index (χ1) is 31.8. The molecule has 5 heteroatoms. The zero-order valence-corrected chi connectivity index (χ0v) is 39.2. The average Bonchev–Trinajstić information content (AvgIpc) is 3.68. The predicted octanol–water partition coefficient (Wildman–Crippen LogP) is 15.0. The average molecular weight is 996 g/mol. The molecule has 313 valence electrons. The van der Waals surface area contributed by atoms with Crippen molar-refractivity contribution in [3.8, 4) is 33.6 Å². The van der Waals surface area contributed by atoms with Gasteiger partial charge in [-0.05, 0) is 103 Å². The largest absolute Gasteiger partial charge is 0.500 e. The van der Waals surface area contributed by atoms with Crippen molar-refractivity contribution in [3.63, 3.8) is 0 Å². The molecule has 0 atom stereocenters. The van der Waals surface area contributed by atoms with Crippen LogP contribution in [0.15, 0.2) is 108 Å². The number of benzene rings is 4. The molecule has 0 aliphatic heterocycles. The molecular formula is C55H62IrN2OSi-2. The number of nitrogens with zero attached hydrogens (tertiary/aromatic N) is 2. The van der Waals surface area contributed by atoms with Crippen molar-refractivity contribution in [1.82, 2.24) is 9.97 Å². The number of aromatic nitrogens is 2. The van der Waals surface area contributed by atoms with Crippen LogP contribution in [-0.2, 0) is 26.5 Å². The Morgan fingerprint density at radius 2 is 1.62 bits per heavy atom. The van der Waals surface area contributed by atoms with E-state index < -0.39 is 39.5 Å². The summed E-state index contributed by atoms with van der Waals surface area (Å²) in [5, 5.41) is 3.00. The number of pyridine rings is 2. The topological polar surface area (TPSA) is 38.9 Å². The predicted molar refractivity (Wildman–Crippen MR) is 252 cm³/mol. The van der Waals surface area contributed by atoms with Crippen molar-refractivity contribution in [3.05, 3.63) is 138 Å². The molecule has 2 aliphatic rings. The maximum absolute atomic E-state index is 9.83. The summed E-state index contributed by atoms with van der Waals surface area (Å²) < 4.78 is 82.3. The molecule has 4 aromatic carbocycles. The molecule has 1 spiro atoms. The molecule has 3 aromatic heterocycles. The quantitative estimate of drug-likeness (QED) is 0.123. The second kappa shape index (κ2) is 18.1. The monoisotopic (exact) mass is 996 g/mol. The number of fused-ring (bicyclic) bond motifs is 3. The number of hydrogen-bond donors (Lipinski definition) is 0. The van der Waals surface area contributed by atoms with Crippen molar-refractivity contribution in [2.75, 3.05) is 0 Å². The molecule has 0 unspecified atom stereocenters. The van der Waals surface area contributed by atoms with Gasteiger partial charge in [0.15, 0.2) is 0 Å². The van der Waals surface area contributed by atoms with Gasteiger partial charge < -0.3 is 14.4 Å². The third-order valence-electron chi connectivity index (χ3n) is 12.2. The van der Waals surface area contributed by atoms with E-state index in [1.165, 1.54) is 49.6 Å². The van der Waals surface area contributed by atoms with Gasteiger partial charge in [0.25, 0.3) is 0 Å². The van der Waals surface area contributed by atoms with Crippen LogP contribution in [0.1, 0.15) is 119 Å². The van der Waals surface area contributed by atoms with Gasteiger partial charge in [-0.15, -0.1) is 53.1 Å². The van der Waals surface area contributed by atoms with Gasteiger partial charge in [0, 0.05) is 55.8 Å². The zero-order chi connectivity index (χ0) is 49.1.